The lowest BCUT2D eigenvalue weighted by Gasteiger charge is -2.28. The van der Waals surface area contributed by atoms with Gasteiger partial charge in [0.2, 0.25) is 0 Å². The molecular weight excluding hydrogens is 370 g/mol. The van der Waals surface area contributed by atoms with Crippen LogP contribution in [0.4, 0.5) is 0 Å². The number of likely N-dealkylation sites (tertiary alicyclic amines) is 1. The highest BCUT2D eigenvalue weighted by Gasteiger charge is 2.47. The van der Waals surface area contributed by atoms with E-state index in [-0.39, 0.29) is 17.3 Å². The second-order valence-electron chi connectivity index (χ2n) is 7.32. The zero-order chi connectivity index (χ0) is 21.1. The van der Waals surface area contributed by atoms with E-state index in [0.29, 0.717) is 29.2 Å². The van der Waals surface area contributed by atoms with Crippen molar-refractivity contribution in [3.8, 4) is 11.5 Å². The Hall–Kier alpha value is -3.28. The molecule has 6 nitrogen and oxygen atoms in total. The van der Waals surface area contributed by atoms with Crippen molar-refractivity contribution >= 4 is 17.4 Å². The Bertz CT molecular complexity index is 949. The molecule has 0 saturated carbocycles. The van der Waals surface area contributed by atoms with Crippen LogP contribution in [-0.2, 0) is 9.59 Å². The molecule has 2 aromatic carbocycles. The van der Waals surface area contributed by atoms with Crippen LogP contribution >= 0.6 is 0 Å². The molecule has 1 N–H and O–H groups in total. The number of nitrogens with zero attached hydrogens (tertiary/aromatic N) is 1. The van der Waals surface area contributed by atoms with E-state index >= 15 is 0 Å². The first-order valence-corrected chi connectivity index (χ1v) is 9.44. The molecule has 0 unspecified atom stereocenters. The number of carbonyl (C=O) groups is 2. The van der Waals surface area contributed by atoms with E-state index in [9.17, 15) is 14.7 Å². The first-order valence-electron chi connectivity index (χ1n) is 9.44. The SMILES string of the molecule is COc1ccc(OC)c([C@@H]2C(=C(O)c3ccccc3)C(=O)C(=O)N2CC(C)C)c1. The van der Waals surface area contributed by atoms with E-state index in [1.54, 1.807) is 49.6 Å². The van der Waals surface area contributed by atoms with E-state index in [1.807, 2.05) is 19.9 Å². The lowest BCUT2D eigenvalue weighted by Crippen LogP contribution is -2.33. The minimum atomic E-state index is -0.775. The van der Waals surface area contributed by atoms with Crippen LogP contribution in [0.15, 0.2) is 54.1 Å². The molecule has 1 aliphatic rings. The van der Waals surface area contributed by atoms with Gasteiger partial charge in [0.05, 0.1) is 25.8 Å². The number of methoxy groups -OCH3 is 2. The summed E-state index contributed by atoms with van der Waals surface area (Å²) in [6.07, 6.45) is 0. The van der Waals surface area contributed by atoms with Gasteiger partial charge in [-0.15, -0.1) is 0 Å². The molecule has 0 spiro atoms. The molecule has 6 heteroatoms. The number of aliphatic hydroxyl groups is 1. The summed E-state index contributed by atoms with van der Waals surface area (Å²) in [5.74, 6) is -0.344. The molecule has 152 valence electrons. The molecule has 1 atom stereocenters. The molecule has 1 amide bonds. The quantitative estimate of drug-likeness (QED) is 0.458. The number of ketones is 1. The Morgan fingerprint density at radius 1 is 1.07 bits per heavy atom. The predicted octanol–water partition coefficient (Wildman–Crippen LogP) is 3.78. The van der Waals surface area contributed by atoms with Gasteiger partial charge in [0.1, 0.15) is 17.3 Å². The molecule has 0 aromatic heterocycles. The van der Waals surface area contributed by atoms with Crippen LogP contribution in [0, 0.1) is 5.92 Å². The Labute approximate surface area is 170 Å². The summed E-state index contributed by atoms with van der Waals surface area (Å²) >= 11 is 0. The summed E-state index contributed by atoms with van der Waals surface area (Å²) in [5, 5.41) is 11.0. The average Bonchev–Trinajstić information content (AvgIpc) is 2.97. The van der Waals surface area contributed by atoms with Gasteiger partial charge < -0.3 is 19.5 Å². The number of carbonyl (C=O) groups excluding carboxylic acids is 2. The van der Waals surface area contributed by atoms with Crippen LogP contribution in [0.5, 0.6) is 11.5 Å². The van der Waals surface area contributed by atoms with Crippen molar-refractivity contribution in [2.45, 2.75) is 19.9 Å². The summed E-state index contributed by atoms with van der Waals surface area (Å²) in [5.41, 5.74) is 1.11. The maximum absolute atomic E-state index is 13.0. The number of Topliss-reactive ketones (excluding diaryl/α,β-unsaturated/α-hetero) is 1. The molecule has 3 rings (SSSR count). The molecule has 1 heterocycles. The third-order valence-corrected chi connectivity index (χ3v) is 4.88. The zero-order valence-corrected chi connectivity index (χ0v) is 17.0. The average molecular weight is 395 g/mol. The smallest absolute Gasteiger partial charge is 0.295 e. The molecule has 1 fully saturated rings. The molecule has 1 aliphatic heterocycles. The first-order chi connectivity index (χ1) is 13.9. The van der Waals surface area contributed by atoms with E-state index in [1.165, 1.54) is 12.0 Å². The number of aliphatic hydroxyl groups excluding tert-OH is 1. The maximum atomic E-state index is 13.0. The van der Waals surface area contributed by atoms with Gasteiger partial charge in [-0.2, -0.15) is 0 Å². The van der Waals surface area contributed by atoms with Crippen LogP contribution in [0.25, 0.3) is 5.76 Å². The highest BCUT2D eigenvalue weighted by Crippen LogP contribution is 2.44. The molecule has 0 aliphatic carbocycles. The third-order valence-electron chi connectivity index (χ3n) is 4.88. The second kappa shape index (κ2) is 8.39. The highest BCUT2D eigenvalue weighted by molar-refractivity contribution is 6.46. The van der Waals surface area contributed by atoms with Crippen LogP contribution in [0.2, 0.25) is 0 Å². The zero-order valence-electron chi connectivity index (χ0n) is 17.0. The number of benzene rings is 2. The predicted molar refractivity (Wildman–Crippen MR) is 110 cm³/mol. The summed E-state index contributed by atoms with van der Waals surface area (Å²) in [4.78, 5) is 27.4. The van der Waals surface area contributed by atoms with E-state index in [2.05, 4.69) is 0 Å². The minimum Gasteiger partial charge on any atom is -0.507 e. The lowest BCUT2D eigenvalue weighted by molar-refractivity contribution is -0.140. The Morgan fingerprint density at radius 2 is 1.76 bits per heavy atom. The van der Waals surface area contributed by atoms with Crippen molar-refractivity contribution in [3.63, 3.8) is 0 Å². The van der Waals surface area contributed by atoms with E-state index in [0.717, 1.165) is 0 Å². The monoisotopic (exact) mass is 395 g/mol. The van der Waals surface area contributed by atoms with Gasteiger partial charge in [-0.3, -0.25) is 9.59 Å². The van der Waals surface area contributed by atoms with Crippen molar-refractivity contribution in [2.24, 2.45) is 5.92 Å². The van der Waals surface area contributed by atoms with Crippen molar-refractivity contribution in [1.29, 1.82) is 0 Å². The Kier molecular flexibility index (Phi) is 5.92. The van der Waals surface area contributed by atoms with Gasteiger partial charge in [-0.05, 0) is 24.1 Å². The van der Waals surface area contributed by atoms with Gasteiger partial charge in [-0.25, -0.2) is 0 Å². The molecular formula is C23H25NO5. The number of ether oxygens (including phenoxy) is 2. The number of amides is 1. The molecule has 29 heavy (non-hydrogen) atoms. The maximum Gasteiger partial charge on any atom is 0.295 e. The van der Waals surface area contributed by atoms with Crippen molar-refractivity contribution < 1.29 is 24.2 Å². The van der Waals surface area contributed by atoms with Gasteiger partial charge >= 0.3 is 0 Å². The van der Waals surface area contributed by atoms with Crippen LogP contribution < -0.4 is 9.47 Å². The summed E-state index contributed by atoms with van der Waals surface area (Å²) in [7, 11) is 3.07. The summed E-state index contributed by atoms with van der Waals surface area (Å²) < 4.78 is 10.8. The van der Waals surface area contributed by atoms with Crippen LogP contribution in [-0.4, -0.2) is 42.5 Å². The summed E-state index contributed by atoms with van der Waals surface area (Å²) in [6.45, 7) is 4.30. The van der Waals surface area contributed by atoms with Gasteiger partial charge in [-0.1, -0.05) is 44.2 Å². The Morgan fingerprint density at radius 3 is 2.34 bits per heavy atom. The van der Waals surface area contributed by atoms with Gasteiger partial charge in [0.25, 0.3) is 11.7 Å². The number of hydrogen-bond acceptors (Lipinski definition) is 5. The largest absolute Gasteiger partial charge is 0.507 e. The standard InChI is InChI=1S/C23H25NO5/c1-14(2)13-24-20(17-12-16(28-3)10-11-18(17)29-4)19(22(26)23(24)27)21(25)15-8-6-5-7-9-15/h5-12,14,20,25H,13H2,1-4H3/t20-/m1/s1. The van der Waals surface area contributed by atoms with E-state index < -0.39 is 17.7 Å². The van der Waals surface area contributed by atoms with Crippen LogP contribution in [0.1, 0.15) is 31.0 Å². The van der Waals surface area contributed by atoms with Crippen molar-refractivity contribution in [1.82, 2.24) is 4.90 Å². The first kappa shape index (κ1) is 20.5. The number of rotatable bonds is 6. The molecule has 1 saturated heterocycles. The second-order valence-corrected chi connectivity index (χ2v) is 7.32. The highest BCUT2D eigenvalue weighted by atomic mass is 16.5. The Balaban J connectivity index is 2.27. The van der Waals surface area contributed by atoms with Crippen molar-refractivity contribution in [3.05, 3.63) is 65.2 Å². The minimum absolute atomic E-state index is 0.0494. The number of hydrogen-bond donors (Lipinski definition) is 1. The summed E-state index contributed by atoms with van der Waals surface area (Å²) in [6, 6.07) is 13.2. The van der Waals surface area contributed by atoms with Crippen molar-refractivity contribution in [2.75, 3.05) is 20.8 Å². The molecule has 2 aromatic rings. The molecule has 0 radical (unpaired) electrons. The van der Waals surface area contributed by atoms with Gasteiger partial charge in [0.15, 0.2) is 0 Å². The van der Waals surface area contributed by atoms with Crippen LogP contribution in [0.3, 0.4) is 0 Å². The van der Waals surface area contributed by atoms with E-state index in [4.69, 9.17) is 9.47 Å². The normalized spacial score (nSPS) is 18.4. The lowest BCUT2D eigenvalue weighted by atomic mass is 9.94. The molecule has 0 bridgehead atoms. The fraction of sp³-hybridized carbons (Fsp3) is 0.304. The topological polar surface area (TPSA) is 76.1 Å². The fourth-order valence-corrected chi connectivity index (χ4v) is 3.59. The van der Waals surface area contributed by atoms with Gasteiger partial charge in [0, 0.05) is 17.7 Å². The fourth-order valence-electron chi connectivity index (χ4n) is 3.59. The third kappa shape index (κ3) is 3.83.